The Bertz CT molecular complexity index is 116. The van der Waals surface area contributed by atoms with Crippen LogP contribution in [-0.2, 0) is 0 Å². The lowest BCUT2D eigenvalue weighted by molar-refractivity contribution is 0.311. The third-order valence-corrected chi connectivity index (χ3v) is 3.35. The van der Waals surface area contributed by atoms with Crippen molar-refractivity contribution in [1.82, 2.24) is 5.32 Å². The van der Waals surface area contributed by atoms with Gasteiger partial charge in [-0.2, -0.15) is 0 Å². The molecule has 1 saturated carbocycles. The number of hydrogen-bond acceptors (Lipinski definition) is 1. The summed E-state index contributed by atoms with van der Waals surface area (Å²) in [5, 5.41) is 3.26. The van der Waals surface area contributed by atoms with Crippen LogP contribution < -0.4 is 5.32 Å². The van der Waals surface area contributed by atoms with Crippen LogP contribution in [0.15, 0.2) is 0 Å². The second-order valence-corrected chi connectivity index (χ2v) is 4.74. The normalized spacial score (nSPS) is 21.7. The van der Waals surface area contributed by atoms with Crippen molar-refractivity contribution < 1.29 is 0 Å². The van der Waals surface area contributed by atoms with E-state index in [4.69, 9.17) is 0 Å². The third-order valence-electron chi connectivity index (χ3n) is 3.35. The molecule has 1 atom stereocenters. The summed E-state index contributed by atoms with van der Waals surface area (Å²) in [5.41, 5.74) is 0. The van der Waals surface area contributed by atoms with Crippen LogP contribution in [0.1, 0.15) is 51.9 Å². The summed E-state index contributed by atoms with van der Waals surface area (Å²) in [4.78, 5) is 0. The molecule has 0 spiro atoms. The number of hydrogen-bond donors (Lipinski definition) is 1. The lowest BCUT2D eigenvalue weighted by Gasteiger charge is -2.22. The maximum absolute atomic E-state index is 3.26. The highest BCUT2D eigenvalue weighted by atomic mass is 14.8. The van der Waals surface area contributed by atoms with Gasteiger partial charge in [0.05, 0.1) is 0 Å². The average molecular weight is 183 g/mol. The second-order valence-electron chi connectivity index (χ2n) is 4.74. The Kier molecular flexibility index (Phi) is 5.45. The molecule has 0 aliphatic heterocycles. The molecule has 1 fully saturated rings. The van der Waals surface area contributed by atoms with Crippen LogP contribution in [0.3, 0.4) is 0 Å². The fourth-order valence-electron chi connectivity index (χ4n) is 2.45. The molecular formula is C12H25N. The van der Waals surface area contributed by atoms with Crippen molar-refractivity contribution in [3.05, 3.63) is 0 Å². The van der Waals surface area contributed by atoms with Crippen molar-refractivity contribution in [2.45, 2.75) is 51.9 Å². The lowest BCUT2D eigenvalue weighted by atomic mass is 9.84. The predicted octanol–water partition coefficient (Wildman–Crippen LogP) is 3.20. The summed E-state index contributed by atoms with van der Waals surface area (Å²) >= 11 is 0. The molecule has 78 valence electrons. The van der Waals surface area contributed by atoms with E-state index in [1.807, 2.05) is 0 Å². The van der Waals surface area contributed by atoms with E-state index < -0.39 is 0 Å². The first-order valence-electron chi connectivity index (χ1n) is 5.97. The van der Waals surface area contributed by atoms with Crippen LogP contribution >= 0.6 is 0 Å². The van der Waals surface area contributed by atoms with Crippen LogP contribution in [0.5, 0.6) is 0 Å². The first-order valence-corrected chi connectivity index (χ1v) is 5.97. The van der Waals surface area contributed by atoms with Gasteiger partial charge >= 0.3 is 0 Å². The zero-order valence-corrected chi connectivity index (χ0v) is 9.31. The summed E-state index contributed by atoms with van der Waals surface area (Å²) in [6.45, 7) is 3.55. The van der Waals surface area contributed by atoms with E-state index in [0.717, 1.165) is 11.8 Å². The highest BCUT2D eigenvalue weighted by Crippen LogP contribution is 2.28. The lowest BCUT2D eigenvalue weighted by Crippen LogP contribution is -2.17. The van der Waals surface area contributed by atoms with E-state index in [0.29, 0.717) is 0 Å². The quantitative estimate of drug-likeness (QED) is 0.690. The summed E-state index contributed by atoms with van der Waals surface area (Å²) in [7, 11) is 2.05. The molecule has 13 heavy (non-hydrogen) atoms. The van der Waals surface area contributed by atoms with E-state index in [2.05, 4.69) is 19.3 Å². The molecule has 0 aromatic carbocycles. The maximum atomic E-state index is 3.26. The summed E-state index contributed by atoms with van der Waals surface area (Å²) < 4.78 is 0. The SMILES string of the molecule is CNCC(C)CCC1CCCCC1. The van der Waals surface area contributed by atoms with Gasteiger partial charge in [-0.1, -0.05) is 45.4 Å². The van der Waals surface area contributed by atoms with E-state index in [-0.39, 0.29) is 0 Å². The van der Waals surface area contributed by atoms with Crippen LogP contribution in [0, 0.1) is 11.8 Å². The second kappa shape index (κ2) is 6.42. The molecule has 1 rings (SSSR count). The zero-order valence-electron chi connectivity index (χ0n) is 9.31. The van der Waals surface area contributed by atoms with Crippen LogP contribution in [0.25, 0.3) is 0 Å². The first-order chi connectivity index (χ1) is 6.33. The standard InChI is InChI=1S/C12H25N/c1-11(10-13-2)8-9-12-6-4-3-5-7-12/h11-13H,3-10H2,1-2H3. The molecule has 0 bridgehead atoms. The van der Waals surface area contributed by atoms with E-state index >= 15 is 0 Å². The van der Waals surface area contributed by atoms with Gasteiger partial charge in [-0.3, -0.25) is 0 Å². The molecule has 0 heterocycles. The summed E-state index contributed by atoms with van der Waals surface area (Å²) in [6.07, 6.45) is 10.4. The van der Waals surface area contributed by atoms with Crippen LogP contribution in [0.4, 0.5) is 0 Å². The fraction of sp³-hybridized carbons (Fsp3) is 1.00. The molecule has 0 aromatic rings. The highest BCUT2D eigenvalue weighted by Gasteiger charge is 2.13. The van der Waals surface area contributed by atoms with Crippen molar-refractivity contribution in [2.75, 3.05) is 13.6 Å². The molecule has 0 amide bonds. The Labute approximate surface area is 83.3 Å². The summed E-state index contributed by atoms with van der Waals surface area (Å²) in [6, 6.07) is 0. The van der Waals surface area contributed by atoms with Crippen molar-refractivity contribution in [3.8, 4) is 0 Å². The molecule has 0 aromatic heterocycles. The molecular weight excluding hydrogens is 158 g/mol. The number of rotatable bonds is 5. The minimum absolute atomic E-state index is 0.868. The van der Waals surface area contributed by atoms with Crippen molar-refractivity contribution in [2.24, 2.45) is 11.8 Å². The molecule has 1 aliphatic rings. The molecule has 1 heteroatoms. The average Bonchev–Trinajstić information content (AvgIpc) is 2.17. The van der Waals surface area contributed by atoms with E-state index in [9.17, 15) is 0 Å². The van der Waals surface area contributed by atoms with Crippen LogP contribution in [-0.4, -0.2) is 13.6 Å². The molecule has 0 saturated heterocycles. The Morgan fingerprint density at radius 3 is 2.54 bits per heavy atom. The molecule has 1 nitrogen and oxygen atoms in total. The summed E-state index contributed by atoms with van der Waals surface area (Å²) in [5.74, 6) is 1.93. The Morgan fingerprint density at radius 2 is 1.92 bits per heavy atom. The molecule has 0 radical (unpaired) electrons. The van der Waals surface area contributed by atoms with Gasteiger partial charge in [-0.05, 0) is 31.8 Å². The van der Waals surface area contributed by atoms with Crippen LogP contribution in [0.2, 0.25) is 0 Å². The van der Waals surface area contributed by atoms with Gasteiger partial charge in [0.1, 0.15) is 0 Å². The largest absolute Gasteiger partial charge is 0.319 e. The first kappa shape index (κ1) is 11.0. The van der Waals surface area contributed by atoms with Gasteiger partial charge in [0, 0.05) is 0 Å². The third kappa shape index (κ3) is 4.66. The monoisotopic (exact) mass is 183 g/mol. The van der Waals surface area contributed by atoms with Gasteiger partial charge in [0.25, 0.3) is 0 Å². The van der Waals surface area contributed by atoms with Crippen molar-refractivity contribution >= 4 is 0 Å². The van der Waals surface area contributed by atoms with Gasteiger partial charge in [0.15, 0.2) is 0 Å². The Morgan fingerprint density at radius 1 is 1.23 bits per heavy atom. The smallest absolute Gasteiger partial charge is 0.00262 e. The van der Waals surface area contributed by atoms with Gasteiger partial charge in [0.2, 0.25) is 0 Å². The van der Waals surface area contributed by atoms with Gasteiger partial charge < -0.3 is 5.32 Å². The molecule has 1 unspecified atom stereocenters. The number of nitrogens with one attached hydrogen (secondary N) is 1. The minimum Gasteiger partial charge on any atom is -0.319 e. The fourth-order valence-corrected chi connectivity index (χ4v) is 2.45. The minimum atomic E-state index is 0.868. The van der Waals surface area contributed by atoms with Crippen molar-refractivity contribution in [3.63, 3.8) is 0 Å². The Hall–Kier alpha value is -0.0400. The maximum Gasteiger partial charge on any atom is -0.00262 e. The predicted molar refractivity (Wildman–Crippen MR) is 58.9 cm³/mol. The van der Waals surface area contributed by atoms with E-state index in [1.54, 1.807) is 0 Å². The molecule has 1 N–H and O–H groups in total. The van der Waals surface area contributed by atoms with E-state index in [1.165, 1.54) is 51.5 Å². The van der Waals surface area contributed by atoms with Crippen molar-refractivity contribution in [1.29, 1.82) is 0 Å². The van der Waals surface area contributed by atoms with Gasteiger partial charge in [-0.15, -0.1) is 0 Å². The van der Waals surface area contributed by atoms with Gasteiger partial charge in [-0.25, -0.2) is 0 Å². The topological polar surface area (TPSA) is 12.0 Å². The molecule has 1 aliphatic carbocycles. The zero-order chi connectivity index (χ0) is 9.52. The highest BCUT2D eigenvalue weighted by molar-refractivity contribution is 4.67. The Balaban J connectivity index is 2.03.